The van der Waals surface area contributed by atoms with Crippen LogP contribution in [-0.2, 0) is 17.9 Å². The van der Waals surface area contributed by atoms with Crippen molar-refractivity contribution in [2.75, 3.05) is 24.5 Å². The summed E-state index contributed by atoms with van der Waals surface area (Å²) in [5, 5.41) is 0. The lowest BCUT2D eigenvalue weighted by molar-refractivity contribution is -0.123. The Morgan fingerprint density at radius 2 is 1.82 bits per heavy atom. The number of Topliss-reactive ketones (excluding diaryl/α,β-unsaturated/α-hetero) is 1. The van der Waals surface area contributed by atoms with Gasteiger partial charge in [-0.05, 0) is 35.4 Å². The van der Waals surface area contributed by atoms with E-state index in [0.717, 1.165) is 32.6 Å². The van der Waals surface area contributed by atoms with E-state index >= 15 is 0 Å². The highest BCUT2D eigenvalue weighted by molar-refractivity contribution is 5.93. The molecule has 2 N–H and O–H groups in total. The van der Waals surface area contributed by atoms with Crippen molar-refractivity contribution in [3.05, 3.63) is 65.7 Å². The minimum atomic E-state index is -0.594. The molecule has 148 valence electrons. The molecule has 28 heavy (non-hydrogen) atoms. The highest BCUT2D eigenvalue weighted by Gasteiger charge is 2.57. The molecule has 1 heterocycles. The maximum absolute atomic E-state index is 12.9. The smallest absolute Gasteiger partial charge is 0.166 e. The number of anilines is 1. The summed E-state index contributed by atoms with van der Waals surface area (Å²) in [6.07, 6.45) is 0.841. The van der Waals surface area contributed by atoms with Crippen molar-refractivity contribution >= 4 is 11.5 Å². The van der Waals surface area contributed by atoms with E-state index in [0.29, 0.717) is 18.4 Å². The van der Waals surface area contributed by atoms with Gasteiger partial charge in [-0.25, -0.2) is 0 Å². The van der Waals surface area contributed by atoms with Crippen molar-refractivity contribution in [1.82, 2.24) is 4.90 Å². The lowest BCUT2D eigenvalue weighted by Gasteiger charge is -2.25. The first kappa shape index (κ1) is 19.2. The molecule has 1 fully saturated rings. The topological polar surface area (TPSA) is 49.6 Å². The van der Waals surface area contributed by atoms with Gasteiger partial charge in [-0.15, -0.1) is 0 Å². The average molecular weight is 378 g/mol. The summed E-state index contributed by atoms with van der Waals surface area (Å²) in [5.41, 5.74) is 9.70. The molecule has 0 bridgehead atoms. The van der Waals surface area contributed by atoms with Crippen molar-refractivity contribution in [3.63, 3.8) is 0 Å². The lowest BCUT2D eigenvalue weighted by Crippen LogP contribution is -2.44. The summed E-state index contributed by atoms with van der Waals surface area (Å²) in [6.45, 7) is 8.24. The molecular formula is C24H31N3O. The van der Waals surface area contributed by atoms with Crippen LogP contribution in [0.5, 0.6) is 0 Å². The number of carbonyl (C=O) groups excluding carboxylic acids is 1. The van der Waals surface area contributed by atoms with E-state index in [9.17, 15) is 4.79 Å². The zero-order chi connectivity index (χ0) is 19.7. The predicted octanol–water partition coefficient (Wildman–Crippen LogP) is 3.45. The summed E-state index contributed by atoms with van der Waals surface area (Å²) in [5.74, 6) is 1.02. The average Bonchev–Trinajstić information content (AvgIpc) is 3.42. The van der Waals surface area contributed by atoms with Crippen LogP contribution in [0.15, 0.2) is 54.6 Å². The SMILES string of the molecule is CC(C)[C@@H]1C[C@]1(N)C(=O)CN1CCN(Cc2ccccc2)c2ccccc2C1. The molecule has 4 nitrogen and oxygen atoms in total. The molecule has 0 radical (unpaired) electrons. The van der Waals surface area contributed by atoms with Gasteiger partial charge in [0.1, 0.15) is 0 Å². The molecule has 1 saturated carbocycles. The number of fused-ring (bicyclic) bond motifs is 1. The zero-order valence-corrected chi connectivity index (χ0v) is 17.0. The third-order valence-electron chi connectivity index (χ3n) is 6.38. The predicted molar refractivity (Wildman–Crippen MR) is 114 cm³/mol. The van der Waals surface area contributed by atoms with Gasteiger partial charge in [0.15, 0.2) is 5.78 Å². The first-order valence-electron chi connectivity index (χ1n) is 10.4. The minimum absolute atomic E-state index is 0.209. The number of hydrogen-bond acceptors (Lipinski definition) is 4. The van der Waals surface area contributed by atoms with Gasteiger partial charge in [0.25, 0.3) is 0 Å². The van der Waals surface area contributed by atoms with Crippen molar-refractivity contribution in [1.29, 1.82) is 0 Å². The Balaban J connectivity index is 1.48. The van der Waals surface area contributed by atoms with Crippen molar-refractivity contribution in [3.8, 4) is 0 Å². The highest BCUT2D eigenvalue weighted by Crippen LogP contribution is 2.47. The van der Waals surface area contributed by atoms with Gasteiger partial charge in [0, 0.05) is 31.9 Å². The maximum Gasteiger partial charge on any atom is 0.166 e. The van der Waals surface area contributed by atoms with Gasteiger partial charge in [-0.3, -0.25) is 9.69 Å². The number of carbonyl (C=O) groups is 1. The Hall–Kier alpha value is -2.17. The molecule has 1 aliphatic carbocycles. The Bertz CT molecular complexity index is 835. The van der Waals surface area contributed by atoms with E-state index < -0.39 is 5.54 Å². The van der Waals surface area contributed by atoms with Gasteiger partial charge in [-0.1, -0.05) is 62.4 Å². The molecule has 4 rings (SSSR count). The van der Waals surface area contributed by atoms with Gasteiger partial charge < -0.3 is 10.6 Å². The van der Waals surface area contributed by atoms with E-state index in [1.54, 1.807) is 0 Å². The number of nitrogens with zero attached hydrogens (tertiary/aromatic N) is 2. The van der Waals surface area contributed by atoms with E-state index in [1.807, 2.05) is 0 Å². The van der Waals surface area contributed by atoms with Crippen LogP contribution in [0.3, 0.4) is 0 Å². The van der Waals surface area contributed by atoms with Crippen molar-refractivity contribution in [2.24, 2.45) is 17.6 Å². The largest absolute Gasteiger partial charge is 0.366 e. The Morgan fingerprint density at radius 3 is 2.54 bits per heavy atom. The van der Waals surface area contributed by atoms with Gasteiger partial charge in [0.05, 0.1) is 12.1 Å². The van der Waals surface area contributed by atoms with Crippen LogP contribution in [0.25, 0.3) is 0 Å². The molecule has 4 heteroatoms. The number of para-hydroxylation sites is 1. The quantitative estimate of drug-likeness (QED) is 0.838. The molecule has 2 atom stereocenters. The second-order valence-corrected chi connectivity index (χ2v) is 8.76. The highest BCUT2D eigenvalue weighted by atomic mass is 16.1. The summed E-state index contributed by atoms with van der Waals surface area (Å²) >= 11 is 0. The van der Waals surface area contributed by atoms with Gasteiger partial charge >= 0.3 is 0 Å². The summed E-state index contributed by atoms with van der Waals surface area (Å²) < 4.78 is 0. The van der Waals surface area contributed by atoms with Crippen LogP contribution in [0.2, 0.25) is 0 Å². The molecule has 0 saturated heterocycles. The molecular weight excluding hydrogens is 346 g/mol. The van der Waals surface area contributed by atoms with Crippen LogP contribution in [-0.4, -0.2) is 35.9 Å². The molecule has 0 aromatic heterocycles. The van der Waals surface area contributed by atoms with Gasteiger partial charge in [0.2, 0.25) is 0 Å². The maximum atomic E-state index is 12.9. The number of hydrogen-bond donors (Lipinski definition) is 1. The van der Waals surface area contributed by atoms with Crippen LogP contribution in [0.1, 0.15) is 31.4 Å². The fraction of sp³-hybridized carbons (Fsp3) is 0.458. The second kappa shape index (κ2) is 7.69. The third-order valence-corrected chi connectivity index (χ3v) is 6.38. The van der Waals surface area contributed by atoms with Gasteiger partial charge in [-0.2, -0.15) is 0 Å². The summed E-state index contributed by atoms with van der Waals surface area (Å²) in [6, 6.07) is 19.1. The second-order valence-electron chi connectivity index (χ2n) is 8.76. The lowest BCUT2D eigenvalue weighted by atomic mass is 10.0. The zero-order valence-electron chi connectivity index (χ0n) is 17.0. The Kier molecular flexibility index (Phi) is 5.26. The summed E-state index contributed by atoms with van der Waals surface area (Å²) in [4.78, 5) is 17.6. The Labute approximate surface area is 168 Å². The van der Waals surface area contributed by atoms with E-state index in [2.05, 4.69) is 78.2 Å². The molecule has 0 amide bonds. The molecule has 1 aliphatic heterocycles. The minimum Gasteiger partial charge on any atom is -0.366 e. The number of ketones is 1. The number of nitrogens with two attached hydrogens (primary N) is 1. The molecule has 2 aromatic rings. The molecule has 0 spiro atoms. The molecule has 2 aromatic carbocycles. The first-order valence-corrected chi connectivity index (χ1v) is 10.4. The molecule has 2 aliphatic rings. The standard InChI is InChI=1S/C24H31N3O/c1-18(2)21-14-24(21,25)23(28)17-26-12-13-27(15-19-8-4-3-5-9-19)22-11-7-6-10-20(22)16-26/h3-11,18,21H,12-17,25H2,1-2H3/t21-,24+/m0/s1. The number of rotatable bonds is 6. The normalized spacial score (nSPS) is 24.7. The number of benzene rings is 2. The van der Waals surface area contributed by atoms with Crippen LogP contribution in [0.4, 0.5) is 5.69 Å². The fourth-order valence-corrected chi connectivity index (χ4v) is 4.56. The van der Waals surface area contributed by atoms with Crippen LogP contribution >= 0.6 is 0 Å². The first-order chi connectivity index (χ1) is 13.5. The van der Waals surface area contributed by atoms with Crippen LogP contribution in [0, 0.1) is 11.8 Å². The monoisotopic (exact) mass is 377 g/mol. The van der Waals surface area contributed by atoms with Crippen molar-refractivity contribution in [2.45, 2.75) is 38.9 Å². The van der Waals surface area contributed by atoms with E-state index in [-0.39, 0.29) is 5.78 Å². The van der Waals surface area contributed by atoms with E-state index in [1.165, 1.54) is 16.8 Å². The van der Waals surface area contributed by atoms with E-state index in [4.69, 9.17) is 5.73 Å². The molecule has 0 unspecified atom stereocenters. The third kappa shape index (κ3) is 3.85. The van der Waals surface area contributed by atoms with Crippen molar-refractivity contribution < 1.29 is 4.79 Å². The van der Waals surface area contributed by atoms with Crippen LogP contribution < -0.4 is 10.6 Å². The Morgan fingerprint density at radius 1 is 1.11 bits per heavy atom. The fourth-order valence-electron chi connectivity index (χ4n) is 4.56. The summed E-state index contributed by atoms with van der Waals surface area (Å²) in [7, 11) is 0.